The molecule has 22 heavy (non-hydrogen) atoms. The van der Waals surface area contributed by atoms with Gasteiger partial charge < -0.3 is 10.1 Å². The van der Waals surface area contributed by atoms with E-state index in [0.29, 0.717) is 12.3 Å². The minimum absolute atomic E-state index is 0.578. The van der Waals surface area contributed by atoms with E-state index >= 15 is 0 Å². The summed E-state index contributed by atoms with van der Waals surface area (Å²) >= 11 is 16.8. The predicted molar refractivity (Wildman–Crippen MR) is 93.3 cm³/mol. The number of nitrogens with one attached hydrogen (secondary N) is 1. The smallest absolute Gasteiger partial charge is 0.276 e. The van der Waals surface area contributed by atoms with E-state index in [2.05, 4.69) is 12.2 Å². The molecule has 118 valence electrons. The van der Waals surface area contributed by atoms with Gasteiger partial charge in [0.1, 0.15) is 5.75 Å². The van der Waals surface area contributed by atoms with Crippen LogP contribution >= 0.6 is 34.8 Å². The zero-order valence-electron chi connectivity index (χ0n) is 12.0. The van der Waals surface area contributed by atoms with Crippen LogP contribution in [0.1, 0.15) is 19.8 Å². The lowest BCUT2D eigenvalue weighted by Gasteiger charge is -2.15. The maximum atomic E-state index is 11.8. The summed E-state index contributed by atoms with van der Waals surface area (Å²) in [5.74, 6) is 0.0817. The number of fused-ring (bicyclic) bond motifs is 1. The van der Waals surface area contributed by atoms with Crippen LogP contribution in [0.15, 0.2) is 36.4 Å². The Labute approximate surface area is 144 Å². The van der Waals surface area contributed by atoms with Gasteiger partial charge in [-0.25, -0.2) is 0 Å². The lowest BCUT2D eigenvalue weighted by Crippen LogP contribution is -2.27. The van der Waals surface area contributed by atoms with Crippen LogP contribution in [-0.4, -0.2) is 16.3 Å². The maximum Gasteiger partial charge on any atom is 0.276 e. The summed E-state index contributed by atoms with van der Waals surface area (Å²) in [6.45, 7) is 2.76. The molecule has 1 N–H and O–H groups in total. The number of rotatable bonds is 5. The molecule has 0 aromatic heterocycles. The molecule has 0 aliphatic heterocycles. The van der Waals surface area contributed by atoms with Crippen LogP contribution < -0.4 is 10.1 Å². The van der Waals surface area contributed by atoms with Gasteiger partial charge in [0.2, 0.25) is 0 Å². The fraction of sp³-hybridized carbons (Fsp3) is 0.312. The first-order chi connectivity index (χ1) is 10.4. The Morgan fingerprint density at radius 3 is 2.45 bits per heavy atom. The molecule has 0 saturated carbocycles. The molecule has 2 aromatic rings. The van der Waals surface area contributed by atoms with Gasteiger partial charge in [-0.2, -0.15) is 0 Å². The topological polar surface area (TPSA) is 38.3 Å². The van der Waals surface area contributed by atoms with Crippen LogP contribution in [0.2, 0.25) is 0 Å². The van der Waals surface area contributed by atoms with Crippen molar-refractivity contribution in [1.29, 1.82) is 0 Å². The summed E-state index contributed by atoms with van der Waals surface area (Å²) in [6, 6.07) is 11.2. The van der Waals surface area contributed by atoms with E-state index in [1.54, 1.807) is 6.07 Å². The summed E-state index contributed by atoms with van der Waals surface area (Å²) in [5, 5.41) is 4.36. The molecule has 0 heterocycles. The molecular formula is C16H16Cl3NO2. The Morgan fingerprint density at radius 2 is 1.82 bits per heavy atom. The molecule has 0 bridgehead atoms. The van der Waals surface area contributed by atoms with Gasteiger partial charge in [0.05, 0.1) is 6.61 Å². The van der Waals surface area contributed by atoms with E-state index in [-0.39, 0.29) is 0 Å². The standard InChI is InChI=1S/C16H16Cl3NO2/c1-2-3-10-22-14-9-8-13(20-15(21)16(17,18)19)11-6-4-5-7-12(11)14/h4-9H,2-3,10H2,1H3,(H,20,21). The number of benzene rings is 2. The Morgan fingerprint density at radius 1 is 1.14 bits per heavy atom. The molecule has 0 aliphatic rings. The average Bonchev–Trinajstić information content (AvgIpc) is 2.48. The zero-order valence-corrected chi connectivity index (χ0v) is 14.3. The minimum atomic E-state index is -2.00. The first kappa shape index (κ1) is 17.2. The van der Waals surface area contributed by atoms with Crippen LogP contribution in [0.25, 0.3) is 10.8 Å². The second-order valence-electron chi connectivity index (χ2n) is 4.81. The third-order valence-corrected chi connectivity index (χ3v) is 3.66. The third-order valence-electron chi connectivity index (χ3n) is 3.15. The van der Waals surface area contributed by atoms with E-state index in [4.69, 9.17) is 39.5 Å². The number of amides is 1. The number of ether oxygens (including phenoxy) is 1. The lowest BCUT2D eigenvalue weighted by atomic mass is 10.1. The molecule has 1 amide bonds. The minimum Gasteiger partial charge on any atom is -0.493 e. The first-order valence-electron chi connectivity index (χ1n) is 6.96. The Kier molecular flexibility index (Phi) is 5.79. The molecule has 0 saturated heterocycles. The number of anilines is 1. The van der Waals surface area contributed by atoms with Gasteiger partial charge in [-0.1, -0.05) is 72.4 Å². The highest BCUT2D eigenvalue weighted by Gasteiger charge is 2.31. The molecule has 3 nitrogen and oxygen atoms in total. The van der Waals surface area contributed by atoms with Crippen molar-refractivity contribution in [3.63, 3.8) is 0 Å². The molecule has 0 spiro atoms. The molecule has 0 aliphatic carbocycles. The van der Waals surface area contributed by atoms with Crippen LogP contribution in [0.3, 0.4) is 0 Å². The molecule has 2 aromatic carbocycles. The number of carbonyl (C=O) groups excluding carboxylic acids is 1. The summed E-state index contributed by atoms with van der Waals surface area (Å²) in [5.41, 5.74) is 0.578. The fourth-order valence-corrected chi connectivity index (χ4v) is 2.17. The summed E-state index contributed by atoms with van der Waals surface area (Å²) in [4.78, 5) is 11.8. The van der Waals surface area contributed by atoms with Crippen LogP contribution in [-0.2, 0) is 4.79 Å². The van der Waals surface area contributed by atoms with Crippen LogP contribution in [0.5, 0.6) is 5.75 Å². The summed E-state index contributed by atoms with van der Waals surface area (Å²) < 4.78 is 3.79. The van der Waals surface area contributed by atoms with E-state index in [9.17, 15) is 4.79 Å². The van der Waals surface area contributed by atoms with Crippen LogP contribution in [0, 0.1) is 0 Å². The second kappa shape index (κ2) is 7.40. The highest BCUT2D eigenvalue weighted by Crippen LogP contribution is 2.34. The summed E-state index contributed by atoms with van der Waals surface area (Å²) in [7, 11) is 0. The van der Waals surface area contributed by atoms with Crippen molar-refractivity contribution in [1.82, 2.24) is 0 Å². The van der Waals surface area contributed by atoms with Gasteiger partial charge >= 0.3 is 0 Å². The number of hydrogen-bond donors (Lipinski definition) is 1. The van der Waals surface area contributed by atoms with Gasteiger partial charge in [-0.3, -0.25) is 4.79 Å². The highest BCUT2D eigenvalue weighted by molar-refractivity contribution is 6.76. The van der Waals surface area contributed by atoms with Gasteiger partial charge in [-0.15, -0.1) is 0 Å². The quantitative estimate of drug-likeness (QED) is 0.578. The average molecular weight is 361 g/mol. The predicted octanol–water partition coefficient (Wildman–Crippen LogP) is 5.33. The van der Waals surface area contributed by atoms with E-state index in [1.807, 2.05) is 30.3 Å². The molecule has 6 heteroatoms. The Hall–Kier alpha value is -1.16. The summed E-state index contributed by atoms with van der Waals surface area (Å²) in [6.07, 6.45) is 2.05. The zero-order chi connectivity index (χ0) is 16.2. The van der Waals surface area contributed by atoms with Gasteiger partial charge in [0, 0.05) is 16.5 Å². The van der Waals surface area contributed by atoms with Gasteiger partial charge in [0.25, 0.3) is 9.70 Å². The molecular weight excluding hydrogens is 345 g/mol. The third kappa shape index (κ3) is 4.19. The van der Waals surface area contributed by atoms with E-state index in [0.717, 1.165) is 29.4 Å². The molecule has 0 atom stereocenters. The molecule has 0 radical (unpaired) electrons. The number of carbonyl (C=O) groups is 1. The maximum absolute atomic E-state index is 11.8. The van der Waals surface area contributed by atoms with Crippen LogP contribution in [0.4, 0.5) is 5.69 Å². The van der Waals surface area contributed by atoms with Crippen molar-refractivity contribution in [2.75, 3.05) is 11.9 Å². The van der Waals surface area contributed by atoms with Crippen molar-refractivity contribution >= 4 is 57.2 Å². The number of halogens is 3. The van der Waals surface area contributed by atoms with E-state index < -0.39 is 9.70 Å². The van der Waals surface area contributed by atoms with Crippen molar-refractivity contribution < 1.29 is 9.53 Å². The molecule has 2 rings (SSSR count). The Bertz CT molecular complexity index is 668. The monoisotopic (exact) mass is 359 g/mol. The van der Waals surface area contributed by atoms with E-state index in [1.165, 1.54) is 0 Å². The highest BCUT2D eigenvalue weighted by atomic mass is 35.6. The van der Waals surface area contributed by atoms with Crippen molar-refractivity contribution in [3.05, 3.63) is 36.4 Å². The van der Waals surface area contributed by atoms with Gasteiger partial charge in [0.15, 0.2) is 0 Å². The van der Waals surface area contributed by atoms with Crippen molar-refractivity contribution in [2.24, 2.45) is 0 Å². The van der Waals surface area contributed by atoms with Gasteiger partial charge in [-0.05, 0) is 18.6 Å². The SMILES string of the molecule is CCCCOc1ccc(NC(=O)C(Cl)(Cl)Cl)c2ccccc12. The lowest BCUT2D eigenvalue weighted by molar-refractivity contribution is -0.115. The van der Waals surface area contributed by atoms with Crippen molar-refractivity contribution in [3.8, 4) is 5.75 Å². The van der Waals surface area contributed by atoms with Crippen molar-refractivity contribution in [2.45, 2.75) is 23.6 Å². The number of unbranched alkanes of at least 4 members (excludes halogenated alkanes) is 1. The number of alkyl halides is 3. The Balaban J connectivity index is 2.34. The second-order valence-corrected chi connectivity index (χ2v) is 7.09. The normalized spacial score (nSPS) is 11.5. The fourth-order valence-electron chi connectivity index (χ4n) is 2.03. The molecule has 0 unspecified atom stereocenters. The number of hydrogen-bond acceptors (Lipinski definition) is 2. The molecule has 0 fully saturated rings. The largest absolute Gasteiger partial charge is 0.493 e. The first-order valence-corrected chi connectivity index (χ1v) is 8.09.